The lowest BCUT2D eigenvalue weighted by atomic mass is 10.1. The van der Waals surface area contributed by atoms with E-state index in [4.69, 9.17) is 0 Å². The average molecular weight is 421 g/mol. The summed E-state index contributed by atoms with van der Waals surface area (Å²) in [5.41, 5.74) is 0.862. The van der Waals surface area contributed by atoms with E-state index in [-0.39, 0.29) is 40.4 Å². The smallest absolute Gasteiger partial charge is 0.292 e. The summed E-state index contributed by atoms with van der Waals surface area (Å²) in [5.74, 6) is -2.48. The quantitative estimate of drug-likeness (QED) is 0.363. The van der Waals surface area contributed by atoms with E-state index in [1.165, 1.54) is 12.3 Å². The van der Waals surface area contributed by atoms with Gasteiger partial charge in [-0.2, -0.15) is 0 Å². The van der Waals surface area contributed by atoms with Crippen molar-refractivity contribution in [1.82, 2.24) is 15.2 Å². The maximum absolute atomic E-state index is 14.3. The minimum Gasteiger partial charge on any atom is -0.360 e. The molecule has 4 rings (SSSR count). The van der Waals surface area contributed by atoms with E-state index >= 15 is 0 Å². The number of fused-ring (bicyclic) bond motifs is 1. The summed E-state index contributed by atoms with van der Waals surface area (Å²) >= 11 is 0. The van der Waals surface area contributed by atoms with Gasteiger partial charge in [0.15, 0.2) is 6.29 Å². The molecule has 3 aromatic rings. The Morgan fingerprint density at radius 2 is 1.94 bits per heavy atom. The van der Waals surface area contributed by atoms with Crippen molar-refractivity contribution >= 4 is 34.8 Å². The van der Waals surface area contributed by atoms with Crippen molar-refractivity contribution in [2.75, 3.05) is 19.6 Å². The number of carbonyl (C=O) groups is 4. The monoisotopic (exact) mass is 421 g/mol. The Hall–Kier alpha value is -3.81. The van der Waals surface area contributed by atoms with Gasteiger partial charge in [-0.1, -0.05) is 18.2 Å². The van der Waals surface area contributed by atoms with E-state index in [9.17, 15) is 23.6 Å². The van der Waals surface area contributed by atoms with Gasteiger partial charge in [0, 0.05) is 42.3 Å². The van der Waals surface area contributed by atoms with Gasteiger partial charge in [0.2, 0.25) is 0 Å². The fourth-order valence-electron chi connectivity index (χ4n) is 3.89. The first-order chi connectivity index (χ1) is 15.0. The fraction of sp³-hybridized carbons (Fsp3) is 0.217. The number of amides is 2. The number of nitrogens with one attached hydrogen (secondary N) is 2. The summed E-state index contributed by atoms with van der Waals surface area (Å²) in [7, 11) is 0. The van der Waals surface area contributed by atoms with Crippen molar-refractivity contribution in [3.05, 3.63) is 71.2 Å². The molecule has 0 bridgehead atoms. The first kappa shape index (κ1) is 20.5. The molecular formula is C23H20FN3O4. The fourth-order valence-corrected chi connectivity index (χ4v) is 3.89. The number of hydrogen-bond donors (Lipinski definition) is 2. The number of ketones is 1. The molecule has 8 heteroatoms. The summed E-state index contributed by atoms with van der Waals surface area (Å²) in [6.07, 6.45) is 2.49. The highest BCUT2D eigenvalue weighted by atomic mass is 19.1. The molecule has 1 aliphatic rings. The van der Waals surface area contributed by atoms with Crippen molar-refractivity contribution < 1.29 is 23.6 Å². The number of rotatable bonds is 6. The van der Waals surface area contributed by atoms with Crippen LogP contribution in [0.1, 0.15) is 37.5 Å². The number of nitrogens with zero attached hydrogens (tertiary/aromatic N) is 1. The Bertz CT molecular complexity index is 1170. The lowest BCUT2D eigenvalue weighted by Gasteiger charge is -2.16. The van der Waals surface area contributed by atoms with Crippen LogP contribution in [0.2, 0.25) is 0 Å². The van der Waals surface area contributed by atoms with Crippen LogP contribution in [0.5, 0.6) is 0 Å². The number of aldehydes is 1. The number of carbonyl (C=O) groups excluding carboxylic acids is 4. The number of Topliss-reactive ketones (excluding diaryl/α,β-unsaturated/α-hetero) is 1. The van der Waals surface area contributed by atoms with Crippen LogP contribution in [0.3, 0.4) is 0 Å². The molecule has 1 unspecified atom stereocenters. The Morgan fingerprint density at radius 3 is 2.68 bits per heavy atom. The molecule has 1 atom stereocenters. The van der Waals surface area contributed by atoms with Gasteiger partial charge in [-0.3, -0.25) is 19.2 Å². The van der Waals surface area contributed by atoms with Crippen LogP contribution >= 0.6 is 0 Å². The van der Waals surface area contributed by atoms with Gasteiger partial charge in [-0.15, -0.1) is 0 Å². The molecular weight excluding hydrogens is 401 g/mol. The van der Waals surface area contributed by atoms with E-state index in [2.05, 4.69) is 10.3 Å². The first-order valence-electron chi connectivity index (χ1n) is 9.91. The summed E-state index contributed by atoms with van der Waals surface area (Å²) in [4.78, 5) is 53.1. The first-order valence-corrected chi connectivity index (χ1v) is 9.91. The van der Waals surface area contributed by atoms with Crippen molar-refractivity contribution in [2.24, 2.45) is 5.92 Å². The van der Waals surface area contributed by atoms with Gasteiger partial charge in [-0.25, -0.2) is 4.39 Å². The number of hydrogen-bond acceptors (Lipinski definition) is 4. The number of aromatic amines is 1. The zero-order chi connectivity index (χ0) is 22.0. The molecule has 0 aliphatic carbocycles. The van der Waals surface area contributed by atoms with Gasteiger partial charge in [0.05, 0.1) is 11.1 Å². The Labute approximate surface area is 177 Å². The van der Waals surface area contributed by atoms with Crippen LogP contribution in [0, 0.1) is 11.7 Å². The molecule has 31 heavy (non-hydrogen) atoms. The summed E-state index contributed by atoms with van der Waals surface area (Å²) in [5, 5.41) is 2.51. The molecule has 1 aromatic heterocycles. The average Bonchev–Trinajstić information content (AvgIpc) is 3.45. The summed E-state index contributed by atoms with van der Waals surface area (Å²) < 4.78 is 14.3. The van der Waals surface area contributed by atoms with E-state index in [1.54, 1.807) is 29.2 Å². The molecule has 2 aromatic carbocycles. The van der Waals surface area contributed by atoms with Crippen molar-refractivity contribution in [2.45, 2.75) is 6.42 Å². The Balaban J connectivity index is 1.39. The third-order valence-corrected chi connectivity index (χ3v) is 5.54. The van der Waals surface area contributed by atoms with Crippen LogP contribution in [0.25, 0.3) is 10.9 Å². The van der Waals surface area contributed by atoms with E-state index in [0.717, 1.165) is 6.07 Å². The Morgan fingerprint density at radius 1 is 1.16 bits per heavy atom. The van der Waals surface area contributed by atoms with Gasteiger partial charge >= 0.3 is 0 Å². The second kappa shape index (κ2) is 8.51. The van der Waals surface area contributed by atoms with Crippen LogP contribution in [0.15, 0.2) is 48.7 Å². The van der Waals surface area contributed by atoms with E-state index < -0.39 is 17.5 Å². The number of benzene rings is 2. The lowest BCUT2D eigenvalue weighted by Crippen LogP contribution is -2.36. The number of likely N-dealkylation sites (tertiary alicyclic amines) is 1. The lowest BCUT2D eigenvalue weighted by molar-refractivity contribution is -0.117. The molecule has 0 radical (unpaired) electrons. The summed E-state index contributed by atoms with van der Waals surface area (Å²) in [6.45, 7) is 1.28. The maximum Gasteiger partial charge on any atom is 0.292 e. The van der Waals surface area contributed by atoms with Gasteiger partial charge < -0.3 is 15.2 Å². The molecule has 0 saturated carbocycles. The second-order valence-electron chi connectivity index (χ2n) is 7.52. The third kappa shape index (κ3) is 3.96. The summed E-state index contributed by atoms with van der Waals surface area (Å²) in [6, 6.07) is 11.4. The molecule has 2 N–H and O–H groups in total. The van der Waals surface area contributed by atoms with E-state index in [0.29, 0.717) is 31.4 Å². The van der Waals surface area contributed by atoms with Gasteiger partial charge in [-0.05, 0) is 36.6 Å². The minimum atomic E-state index is -0.886. The standard InChI is InChI=1S/C23H20FN3O4/c24-18-7-6-16(13-28)20-19(18)17(11-25-20)21(29)22(30)26-10-14-8-9-27(12-14)23(31)15-4-2-1-3-5-15/h1-7,11,13-14,25H,8-10,12H2,(H,26,30). The van der Waals surface area contributed by atoms with Gasteiger partial charge in [0.1, 0.15) is 5.82 Å². The second-order valence-corrected chi connectivity index (χ2v) is 7.52. The molecule has 1 fully saturated rings. The van der Waals surface area contributed by atoms with Crippen LogP contribution < -0.4 is 5.32 Å². The largest absolute Gasteiger partial charge is 0.360 e. The molecule has 7 nitrogen and oxygen atoms in total. The zero-order valence-corrected chi connectivity index (χ0v) is 16.6. The molecule has 1 saturated heterocycles. The highest BCUT2D eigenvalue weighted by Gasteiger charge is 2.28. The molecule has 2 amide bonds. The molecule has 1 aliphatic heterocycles. The zero-order valence-electron chi connectivity index (χ0n) is 16.6. The number of halogens is 1. The van der Waals surface area contributed by atoms with E-state index in [1.807, 2.05) is 6.07 Å². The van der Waals surface area contributed by atoms with Crippen LogP contribution in [-0.2, 0) is 4.79 Å². The van der Waals surface area contributed by atoms with Crippen molar-refractivity contribution in [1.29, 1.82) is 0 Å². The predicted molar refractivity (Wildman–Crippen MR) is 111 cm³/mol. The topological polar surface area (TPSA) is 99.3 Å². The number of aromatic nitrogens is 1. The van der Waals surface area contributed by atoms with Crippen molar-refractivity contribution in [3.8, 4) is 0 Å². The number of H-pyrrole nitrogens is 1. The predicted octanol–water partition coefficient (Wildman–Crippen LogP) is 2.58. The Kier molecular flexibility index (Phi) is 5.62. The van der Waals surface area contributed by atoms with Crippen LogP contribution in [0.4, 0.5) is 4.39 Å². The third-order valence-electron chi connectivity index (χ3n) is 5.54. The maximum atomic E-state index is 14.3. The molecule has 158 valence electrons. The normalized spacial score (nSPS) is 15.8. The highest BCUT2D eigenvalue weighted by Crippen LogP contribution is 2.25. The van der Waals surface area contributed by atoms with Crippen LogP contribution in [-0.4, -0.2) is 53.4 Å². The molecule has 2 heterocycles. The SMILES string of the molecule is O=Cc1ccc(F)c2c(C(=O)C(=O)NCC3CCN(C(=O)c4ccccc4)C3)c[nH]c12. The molecule has 0 spiro atoms. The minimum absolute atomic E-state index is 0.0192. The van der Waals surface area contributed by atoms with Crippen molar-refractivity contribution in [3.63, 3.8) is 0 Å². The highest BCUT2D eigenvalue weighted by molar-refractivity contribution is 6.45. The van der Waals surface area contributed by atoms with Gasteiger partial charge in [0.25, 0.3) is 17.6 Å².